The zero-order valence-electron chi connectivity index (χ0n) is 25.3. The Balaban J connectivity index is 1.32. The van der Waals surface area contributed by atoms with Gasteiger partial charge in [0.2, 0.25) is 0 Å². The number of allylic oxidation sites excluding steroid dienone is 3. The van der Waals surface area contributed by atoms with E-state index in [2.05, 4.69) is 164 Å². The van der Waals surface area contributed by atoms with Crippen LogP contribution in [-0.4, -0.2) is 0 Å². The van der Waals surface area contributed by atoms with Crippen LogP contribution in [-0.2, 0) is 5.41 Å². The standard InChI is InChI=1S/C45H30S/c1-2-16-31(17-3-1)45(39-24-9-7-20-34(39)36-28-27-29-13-4-5-18-32(29)44(36)45)38-23-8-6-19-33(38)35-21-12-26-41-43(35)37-22-10-14-30-15-11-25-40(46-41)42(30)37/h1-20,22-28,35H,21H2. The van der Waals surface area contributed by atoms with Gasteiger partial charge in [-0.15, -0.1) is 0 Å². The van der Waals surface area contributed by atoms with Gasteiger partial charge >= 0.3 is 0 Å². The van der Waals surface area contributed by atoms with Crippen LogP contribution in [0.5, 0.6) is 0 Å². The second kappa shape index (κ2) is 9.94. The van der Waals surface area contributed by atoms with Gasteiger partial charge in [-0.2, -0.15) is 0 Å². The molecule has 2 atom stereocenters. The second-order valence-electron chi connectivity index (χ2n) is 12.7. The molecule has 0 fully saturated rings. The van der Waals surface area contributed by atoms with Crippen molar-refractivity contribution in [3.05, 3.63) is 202 Å². The molecular weight excluding hydrogens is 573 g/mol. The summed E-state index contributed by atoms with van der Waals surface area (Å²) in [7, 11) is 0. The van der Waals surface area contributed by atoms with Crippen LogP contribution in [0.4, 0.5) is 0 Å². The molecule has 1 heterocycles. The highest BCUT2D eigenvalue weighted by molar-refractivity contribution is 8.03. The van der Waals surface area contributed by atoms with Gasteiger partial charge in [-0.25, -0.2) is 0 Å². The summed E-state index contributed by atoms with van der Waals surface area (Å²) in [5, 5.41) is 5.32. The molecular formula is C45H30S. The van der Waals surface area contributed by atoms with Crippen molar-refractivity contribution in [2.24, 2.45) is 0 Å². The largest absolute Gasteiger partial charge is 0.0891 e. The smallest absolute Gasteiger partial charge is 0.0722 e. The fourth-order valence-corrected chi connectivity index (χ4v) is 10.0. The lowest BCUT2D eigenvalue weighted by atomic mass is 9.63. The highest BCUT2D eigenvalue weighted by atomic mass is 32.2. The maximum absolute atomic E-state index is 2.43. The molecule has 1 heteroatoms. The van der Waals surface area contributed by atoms with E-state index in [0.29, 0.717) is 0 Å². The van der Waals surface area contributed by atoms with E-state index in [0.717, 1.165) is 6.42 Å². The normalized spacial score (nSPS) is 19.3. The van der Waals surface area contributed by atoms with Crippen LogP contribution in [0.3, 0.4) is 0 Å². The quantitative estimate of drug-likeness (QED) is 0.194. The Labute approximate surface area is 273 Å². The zero-order chi connectivity index (χ0) is 30.2. The fourth-order valence-electron chi connectivity index (χ4n) is 8.76. The number of hydrogen-bond donors (Lipinski definition) is 0. The minimum absolute atomic E-state index is 0.231. The van der Waals surface area contributed by atoms with Crippen molar-refractivity contribution in [3.8, 4) is 11.1 Å². The molecule has 7 aromatic carbocycles. The Morgan fingerprint density at radius 3 is 2.17 bits per heavy atom. The van der Waals surface area contributed by atoms with Crippen LogP contribution in [0.15, 0.2) is 174 Å². The monoisotopic (exact) mass is 602 g/mol. The van der Waals surface area contributed by atoms with Crippen molar-refractivity contribution in [2.75, 3.05) is 0 Å². The van der Waals surface area contributed by atoms with Crippen molar-refractivity contribution >= 4 is 38.9 Å². The molecule has 7 aromatic rings. The lowest BCUT2D eigenvalue weighted by Crippen LogP contribution is -2.31. The van der Waals surface area contributed by atoms with E-state index in [1.54, 1.807) is 0 Å². The molecule has 0 saturated carbocycles. The molecule has 10 rings (SSSR count). The molecule has 2 unspecified atom stereocenters. The first kappa shape index (κ1) is 26.1. The molecule has 0 aromatic heterocycles. The van der Waals surface area contributed by atoms with Gasteiger partial charge in [-0.05, 0) is 78.7 Å². The Bertz CT molecular complexity index is 2420. The Kier molecular flexibility index (Phi) is 5.65. The highest BCUT2D eigenvalue weighted by Gasteiger charge is 2.49. The van der Waals surface area contributed by atoms with E-state index >= 15 is 0 Å². The van der Waals surface area contributed by atoms with Crippen LogP contribution >= 0.6 is 11.8 Å². The highest BCUT2D eigenvalue weighted by Crippen LogP contribution is 2.61. The third-order valence-electron chi connectivity index (χ3n) is 10.5. The summed E-state index contributed by atoms with van der Waals surface area (Å²) < 4.78 is 0. The molecule has 0 nitrogen and oxygen atoms in total. The molecule has 46 heavy (non-hydrogen) atoms. The van der Waals surface area contributed by atoms with E-state index in [9.17, 15) is 0 Å². The lowest BCUT2D eigenvalue weighted by Gasteiger charge is -2.39. The number of benzene rings is 7. The van der Waals surface area contributed by atoms with Crippen LogP contribution in [0.2, 0.25) is 0 Å². The van der Waals surface area contributed by atoms with Crippen LogP contribution < -0.4 is 0 Å². The average molecular weight is 603 g/mol. The van der Waals surface area contributed by atoms with E-state index in [1.165, 1.54) is 81.4 Å². The third-order valence-corrected chi connectivity index (χ3v) is 11.6. The predicted molar refractivity (Wildman–Crippen MR) is 194 cm³/mol. The van der Waals surface area contributed by atoms with Crippen LogP contribution in [0.25, 0.3) is 38.2 Å². The van der Waals surface area contributed by atoms with E-state index in [-0.39, 0.29) is 5.92 Å². The Hall–Kier alpha value is -5.11. The fraction of sp³-hybridized carbons (Fsp3) is 0.0667. The van der Waals surface area contributed by atoms with Crippen molar-refractivity contribution in [3.63, 3.8) is 0 Å². The van der Waals surface area contributed by atoms with Gasteiger partial charge in [-0.1, -0.05) is 170 Å². The average Bonchev–Trinajstić information content (AvgIpc) is 3.43. The molecule has 0 N–H and O–H groups in total. The maximum atomic E-state index is 2.43. The Morgan fingerprint density at radius 1 is 0.543 bits per heavy atom. The van der Waals surface area contributed by atoms with Gasteiger partial charge < -0.3 is 0 Å². The number of hydrogen-bond acceptors (Lipinski definition) is 1. The lowest BCUT2D eigenvalue weighted by molar-refractivity contribution is 0.739. The number of rotatable bonds is 3. The third kappa shape index (κ3) is 3.47. The van der Waals surface area contributed by atoms with Gasteiger partial charge in [-0.3, -0.25) is 0 Å². The number of thioether (sulfide) groups is 1. The van der Waals surface area contributed by atoms with E-state index in [4.69, 9.17) is 0 Å². The molecule has 0 amide bonds. The van der Waals surface area contributed by atoms with E-state index < -0.39 is 5.41 Å². The summed E-state index contributed by atoms with van der Waals surface area (Å²) in [6.07, 6.45) is 5.75. The SMILES string of the molecule is C1=CC2=C(c3cccc4cccc(c34)S2)C(c2ccccc2C2(c3ccccc3)c3ccccc3-c3ccc4ccccc4c32)C1. The summed E-state index contributed by atoms with van der Waals surface area (Å²) in [6.45, 7) is 0. The summed E-state index contributed by atoms with van der Waals surface area (Å²) in [5.41, 5.74) is 11.9. The summed E-state index contributed by atoms with van der Waals surface area (Å²) in [6, 6.07) is 57.0. The van der Waals surface area contributed by atoms with Crippen LogP contribution in [0.1, 0.15) is 45.7 Å². The second-order valence-corrected chi connectivity index (χ2v) is 13.8. The first-order chi connectivity index (χ1) is 22.8. The van der Waals surface area contributed by atoms with Gasteiger partial charge in [0.25, 0.3) is 0 Å². The minimum Gasteiger partial charge on any atom is -0.0891 e. The first-order valence-electron chi connectivity index (χ1n) is 16.2. The van der Waals surface area contributed by atoms with Gasteiger partial charge in [0, 0.05) is 21.1 Å². The van der Waals surface area contributed by atoms with Gasteiger partial charge in [0.15, 0.2) is 0 Å². The zero-order valence-corrected chi connectivity index (χ0v) is 26.1. The van der Waals surface area contributed by atoms with Crippen molar-refractivity contribution in [2.45, 2.75) is 22.6 Å². The first-order valence-corrected chi connectivity index (χ1v) is 17.0. The molecule has 0 spiro atoms. The van der Waals surface area contributed by atoms with E-state index in [1.807, 2.05) is 11.8 Å². The molecule has 0 saturated heterocycles. The van der Waals surface area contributed by atoms with Crippen molar-refractivity contribution in [1.82, 2.24) is 0 Å². The van der Waals surface area contributed by atoms with Crippen LogP contribution in [0, 0.1) is 0 Å². The van der Waals surface area contributed by atoms with Gasteiger partial charge in [0.05, 0.1) is 5.41 Å². The topological polar surface area (TPSA) is 0 Å². The summed E-state index contributed by atoms with van der Waals surface area (Å²) in [5.74, 6) is 0.231. The van der Waals surface area contributed by atoms with Gasteiger partial charge in [0.1, 0.15) is 0 Å². The molecule has 0 radical (unpaired) electrons. The maximum Gasteiger partial charge on any atom is 0.0722 e. The van der Waals surface area contributed by atoms with Crippen molar-refractivity contribution in [1.29, 1.82) is 0 Å². The number of fused-ring (bicyclic) bond motifs is 6. The minimum atomic E-state index is -0.474. The van der Waals surface area contributed by atoms with Crippen molar-refractivity contribution < 1.29 is 0 Å². The Morgan fingerprint density at radius 2 is 1.26 bits per heavy atom. The summed E-state index contributed by atoms with van der Waals surface area (Å²) in [4.78, 5) is 2.74. The summed E-state index contributed by atoms with van der Waals surface area (Å²) >= 11 is 1.94. The molecule has 1 aliphatic heterocycles. The molecule has 0 bridgehead atoms. The molecule has 2 aliphatic carbocycles. The molecule has 3 aliphatic rings. The predicted octanol–water partition coefficient (Wildman–Crippen LogP) is 11.9. The molecule has 216 valence electrons.